The normalized spacial score (nSPS) is 12.9. The van der Waals surface area contributed by atoms with Gasteiger partial charge in [-0.2, -0.15) is 0 Å². The second-order valence-electron chi connectivity index (χ2n) is 15.4. The maximum absolute atomic E-state index is 12.7. The highest BCUT2D eigenvalue weighted by molar-refractivity contribution is 5.71. The van der Waals surface area contributed by atoms with Gasteiger partial charge in [0, 0.05) is 19.3 Å². The van der Waals surface area contributed by atoms with Crippen LogP contribution >= 0.6 is 0 Å². The molecule has 0 aromatic rings. The number of rotatable bonds is 41. The maximum Gasteiger partial charge on any atom is 0.306 e. The molecule has 0 amide bonds. The van der Waals surface area contributed by atoms with Gasteiger partial charge in [0.2, 0.25) is 0 Å². The van der Waals surface area contributed by atoms with Gasteiger partial charge in [0.1, 0.15) is 13.2 Å². The molecule has 0 aliphatic rings. The van der Waals surface area contributed by atoms with Gasteiger partial charge in [-0.1, -0.05) is 195 Å². The number of ether oxygens (including phenoxy) is 3. The van der Waals surface area contributed by atoms with E-state index in [-0.39, 0.29) is 31.1 Å². The molecule has 0 rings (SSSR count). The Labute approximate surface area is 362 Å². The standard InChI is InChI=1S/C53H86O6/c1-4-7-10-13-16-19-22-25-26-29-31-34-37-40-43-46-52(55)58-49-50(59-53(56)47-44-41-38-35-32-28-24-21-18-15-12-9-6-3)48-57-51(54)45-42-39-36-33-30-27-23-20-17-14-11-8-5-2/h7,9-10,12-13,15-16,18-19,21-22,24-27,30,50H,4-6,8,11,14,17,20,23,28-29,31-49H2,1-3H3/b10-7+,12-9+,16-13+,18-15+,22-19+,24-21+,26-25+,30-27+. The Morgan fingerprint density at radius 3 is 1.10 bits per heavy atom. The molecule has 0 aliphatic heterocycles. The van der Waals surface area contributed by atoms with Crippen molar-refractivity contribution in [2.45, 2.75) is 207 Å². The van der Waals surface area contributed by atoms with E-state index in [9.17, 15) is 14.4 Å². The maximum atomic E-state index is 12.7. The first kappa shape index (κ1) is 55.3. The molecule has 0 aliphatic carbocycles. The summed E-state index contributed by atoms with van der Waals surface area (Å²) < 4.78 is 16.7. The van der Waals surface area contributed by atoms with E-state index < -0.39 is 6.10 Å². The highest BCUT2D eigenvalue weighted by Crippen LogP contribution is 2.13. The third-order valence-electron chi connectivity index (χ3n) is 9.71. The largest absolute Gasteiger partial charge is 0.462 e. The quantitative estimate of drug-likeness (QED) is 0.0201. The fourth-order valence-corrected chi connectivity index (χ4v) is 6.15. The van der Waals surface area contributed by atoms with Crippen molar-refractivity contribution in [2.75, 3.05) is 13.2 Å². The van der Waals surface area contributed by atoms with E-state index in [1.54, 1.807) is 0 Å². The summed E-state index contributed by atoms with van der Waals surface area (Å²) in [6, 6.07) is 0. The van der Waals surface area contributed by atoms with Crippen LogP contribution in [0.5, 0.6) is 0 Å². The van der Waals surface area contributed by atoms with Gasteiger partial charge >= 0.3 is 17.9 Å². The van der Waals surface area contributed by atoms with Crippen LogP contribution in [0.25, 0.3) is 0 Å². The van der Waals surface area contributed by atoms with E-state index in [0.717, 1.165) is 122 Å². The minimum Gasteiger partial charge on any atom is -0.462 e. The van der Waals surface area contributed by atoms with Crippen LogP contribution in [0.15, 0.2) is 97.2 Å². The summed E-state index contributed by atoms with van der Waals surface area (Å²) in [6.07, 6.45) is 61.0. The Kier molecular flexibility index (Phi) is 44.1. The van der Waals surface area contributed by atoms with E-state index in [4.69, 9.17) is 14.2 Å². The topological polar surface area (TPSA) is 78.9 Å². The minimum atomic E-state index is -0.803. The van der Waals surface area contributed by atoms with Gasteiger partial charge in [-0.25, -0.2) is 0 Å². The second kappa shape index (κ2) is 47.0. The van der Waals surface area contributed by atoms with Crippen LogP contribution in [0, 0.1) is 0 Å². The van der Waals surface area contributed by atoms with Crippen molar-refractivity contribution in [1.82, 2.24) is 0 Å². The van der Waals surface area contributed by atoms with Crippen LogP contribution in [0.2, 0.25) is 0 Å². The second-order valence-corrected chi connectivity index (χ2v) is 15.4. The van der Waals surface area contributed by atoms with E-state index >= 15 is 0 Å². The number of unbranched alkanes of at least 4 members (excludes halogenated alkanes) is 19. The molecular formula is C53H86O6. The zero-order valence-electron chi connectivity index (χ0n) is 38.0. The summed E-state index contributed by atoms with van der Waals surface area (Å²) in [5, 5.41) is 0. The average Bonchev–Trinajstić information content (AvgIpc) is 3.23. The van der Waals surface area contributed by atoms with Crippen molar-refractivity contribution < 1.29 is 28.6 Å². The number of carbonyl (C=O) groups is 3. The molecule has 0 aromatic carbocycles. The van der Waals surface area contributed by atoms with Crippen molar-refractivity contribution >= 4 is 17.9 Å². The summed E-state index contributed by atoms with van der Waals surface area (Å²) in [7, 11) is 0. The number of esters is 3. The van der Waals surface area contributed by atoms with E-state index in [1.165, 1.54) is 38.5 Å². The lowest BCUT2D eigenvalue weighted by Gasteiger charge is -2.18. The van der Waals surface area contributed by atoms with Gasteiger partial charge in [-0.3, -0.25) is 14.4 Å². The summed E-state index contributed by atoms with van der Waals surface area (Å²) >= 11 is 0. The van der Waals surface area contributed by atoms with Crippen LogP contribution in [0.1, 0.15) is 201 Å². The van der Waals surface area contributed by atoms with E-state index in [2.05, 4.69) is 87.6 Å². The molecule has 0 radical (unpaired) electrons. The molecule has 0 saturated carbocycles. The van der Waals surface area contributed by atoms with Crippen molar-refractivity contribution in [3.8, 4) is 0 Å². The molecule has 0 aromatic heterocycles. The van der Waals surface area contributed by atoms with Gasteiger partial charge in [0.25, 0.3) is 0 Å². The molecule has 6 heteroatoms. The van der Waals surface area contributed by atoms with Crippen LogP contribution in [0.4, 0.5) is 0 Å². The summed E-state index contributed by atoms with van der Waals surface area (Å²) in [5.41, 5.74) is 0. The fraction of sp³-hybridized carbons (Fsp3) is 0.642. The molecule has 0 bridgehead atoms. The number of allylic oxidation sites excluding steroid dienone is 16. The van der Waals surface area contributed by atoms with Crippen molar-refractivity contribution in [3.63, 3.8) is 0 Å². The monoisotopic (exact) mass is 819 g/mol. The Morgan fingerprint density at radius 2 is 0.678 bits per heavy atom. The van der Waals surface area contributed by atoms with Crippen molar-refractivity contribution in [1.29, 1.82) is 0 Å². The Bertz CT molecular complexity index is 1220. The Morgan fingerprint density at radius 1 is 0.356 bits per heavy atom. The highest BCUT2D eigenvalue weighted by atomic mass is 16.6. The number of carbonyl (C=O) groups excluding carboxylic acids is 3. The van der Waals surface area contributed by atoms with Gasteiger partial charge in [-0.05, 0) is 83.5 Å². The summed E-state index contributed by atoms with van der Waals surface area (Å²) in [5.74, 6) is -0.970. The van der Waals surface area contributed by atoms with Crippen molar-refractivity contribution in [2.24, 2.45) is 0 Å². The molecule has 0 heterocycles. The van der Waals surface area contributed by atoms with Gasteiger partial charge in [0.05, 0.1) is 0 Å². The third-order valence-corrected chi connectivity index (χ3v) is 9.71. The molecule has 59 heavy (non-hydrogen) atoms. The lowest BCUT2D eigenvalue weighted by molar-refractivity contribution is -0.167. The molecule has 1 atom stereocenters. The molecule has 0 spiro atoms. The van der Waals surface area contributed by atoms with Gasteiger partial charge < -0.3 is 14.2 Å². The molecule has 6 nitrogen and oxygen atoms in total. The Hall–Kier alpha value is -3.67. The predicted octanol–water partition coefficient (Wildman–Crippen LogP) is 15.4. The van der Waals surface area contributed by atoms with Crippen LogP contribution in [0.3, 0.4) is 0 Å². The number of hydrogen-bond acceptors (Lipinski definition) is 6. The molecule has 334 valence electrons. The first-order chi connectivity index (χ1) is 29.0. The Balaban J connectivity index is 4.50. The van der Waals surface area contributed by atoms with Crippen molar-refractivity contribution in [3.05, 3.63) is 97.2 Å². The molecule has 1 unspecified atom stereocenters. The van der Waals surface area contributed by atoms with E-state index in [0.29, 0.717) is 19.3 Å². The smallest absolute Gasteiger partial charge is 0.306 e. The summed E-state index contributed by atoms with van der Waals surface area (Å²) in [4.78, 5) is 37.8. The zero-order valence-corrected chi connectivity index (χ0v) is 38.0. The molecule has 0 fully saturated rings. The average molecular weight is 819 g/mol. The first-order valence-corrected chi connectivity index (χ1v) is 23.8. The first-order valence-electron chi connectivity index (χ1n) is 23.8. The minimum absolute atomic E-state index is 0.103. The van der Waals surface area contributed by atoms with Gasteiger partial charge in [0.15, 0.2) is 6.10 Å². The van der Waals surface area contributed by atoms with Gasteiger partial charge in [-0.15, -0.1) is 0 Å². The SMILES string of the molecule is CC/C=C/C=C/C=C/C=C/CCCCCCCC(=O)OCC(COC(=O)CCCCC/C=C/CCCCCCCC)OC(=O)CCCCCCC/C=C/C=C/C=C/CC. The van der Waals surface area contributed by atoms with Crippen LogP contribution < -0.4 is 0 Å². The summed E-state index contributed by atoms with van der Waals surface area (Å²) in [6.45, 7) is 6.28. The van der Waals surface area contributed by atoms with Crippen LogP contribution in [-0.2, 0) is 28.6 Å². The number of hydrogen-bond donors (Lipinski definition) is 0. The fourth-order valence-electron chi connectivity index (χ4n) is 6.15. The molecule has 0 N–H and O–H groups in total. The molecule has 0 saturated heterocycles. The zero-order chi connectivity index (χ0) is 43.0. The lowest BCUT2D eigenvalue weighted by atomic mass is 10.1. The lowest BCUT2D eigenvalue weighted by Crippen LogP contribution is -2.30. The molecular weight excluding hydrogens is 733 g/mol. The highest BCUT2D eigenvalue weighted by Gasteiger charge is 2.19. The third kappa shape index (κ3) is 45.3. The van der Waals surface area contributed by atoms with Crippen LogP contribution in [-0.4, -0.2) is 37.2 Å². The van der Waals surface area contributed by atoms with E-state index in [1.807, 2.05) is 30.4 Å². The predicted molar refractivity (Wildman–Crippen MR) is 251 cm³/mol.